The predicted molar refractivity (Wildman–Crippen MR) is 84.4 cm³/mol. The van der Waals surface area contributed by atoms with Crippen LogP contribution in [0.15, 0.2) is 54.7 Å². The molecule has 21 heavy (non-hydrogen) atoms. The number of carbonyl (C=O) groups excluding carboxylic acids is 1. The Labute approximate surface area is 122 Å². The summed E-state index contributed by atoms with van der Waals surface area (Å²) < 4.78 is 0. The molecule has 0 aliphatic carbocycles. The lowest BCUT2D eigenvalue weighted by Crippen LogP contribution is -2.30. The zero-order chi connectivity index (χ0) is 14.7. The van der Waals surface area contributed by atoms with E-state index in [2.05, 4.69) is 15.5 Å². The minimum Gasteiger partial charge on any atom is -0.365 e. The number of hydrogen-bond donors (Lipinski definition) is 2. The monoisotopic (exact) mass is 280 g/mol. The van der Waals surface area contributed by atoms with E-state index in [4.69, 9.17) is 0 Å². The molecule has 0 aliphatic heterocycles. The minimum atomic E-state index is -0.0662. The molecule has 0 aliphatic rings. The highest BCUT2D eigenvalue weighted by Crippen LogP contribution is 2.20. The van der Waals surface area contributed by atoms with Crippen molar-refractivity contribution < 1.29 is 4.79 Å². The van der Waals surface area contributed by atoms with Gasteiger partial charge in [-0.2, -0.15) is 5.10 Å². The molecule has 2 N–H and O–H groups in total. The Morgan fingerprint density at radius 3 is 2.81 bits per heavy atom. The number of nitrogens with one attached hydrogen (secondary N) is 2. The average Bonchev–Trinajstić information content (AvgIpc) is 2.97. The molecule has 0 bridgehead atoms. The number of amides is 1. The van der Waals surface area contributed by atoms with E-state index in [0.29, 0.717) is 0 Å². The molecule has 5 nitrogen and oxygen atoms in total. The highest BCUT2D eigenvalue weighted by Gasteiger charge is 2.10. The summed E-state index contributed by atoms with van der Waals surface area (Å²) in [5.41, 5.74) is 2.59. The third-order valence-corrected chi connectivity index (χ3v) is 3.33. The summed E-state index contributed by atoms with van der Waals surface area (Å²) in [6.45, 7) is 0.286. The summed E-state index contributed by atoms with van der Waals surface area (Å²) in [4.78, 5) is 14.1. The molecular weight excluding hydrogens is 264 g/mol. The van der Waals surface area contributed by atoms with Crippen molar-refractivity contribution in [3.8, 4) is 0 Å². The number of anilines is 2. The number of nitrogens with zero attached hydrogens (tertiary/aromatic N) is 2. The van der Waals surface area contributed by atoms with E-state index in [1.807, 2.05) is 60.5 Å². The first-order valence-corrected chi connectivity index (χ1v) is 6.72. The average molecular weight is 280 g/mol. The summed E-state index contributed by atoms with van der Waals surface area (Å²) in [5.74, 6) is -0.0662. The summed E-state index contributed by atoms with van der Waals surface area (Å²) in [6.07, 6.45) is 1.74. The summed E-state index contributed by atoms with van der Waals surface area (Å²) in [7, 11) is 1.89. The van der Waals surface area contributed by atoms with Crippen molar-refractivity contribution in [3.05, 3.63) is 54.7 Å². The smallest absolute Gasteiger partial charge is 0.243 e. The van der Waals surface area contributed by atoms with Gasteiger partial charge >= 0.3 is 0 Å². The van der Waals surface area contributed by atoms with E-state index in [0.717, 1.165) is 22.3 Å². The fraction of sp³-hybridized carbons (Fsp3) is 0.125. The summed E-state index contributed by atoms with van der Waals surface area (Å²) in [6, 6.07) is 15.5. The van der Waals surface area contributed by atoms with Gasteiger partial charge in [-0.15, -0.1) is 0 Å². The number of likely N-dealkylation sites (N-methyl/N-ethyl adjacent to an activating group) is 1. The number of aromatic amines is 1. The fourth-order valence-corrected chi connectivity index (χ4v) is 2.25. The molecule has 0 spiro atoms. The third-order valence-electron chi connectivity index (χ3n) is 3.33. The van der Waals surface area contributed by atoms with Gasteiger partial charge in [0, 0.05) is 18.1 Å². The van der Waals surface area contributed by atoms with Gasteiger partial charge in [0.05, 0.1) is 23.9 Å². The zero-order valence-electron chi connectivity index (χ0n) is 11.7. The van der Waals surface area contributed by atoms with E-state index in [9.17, 15) is 4.79 Å². The molecule has 1 aromatic heterocycles. The van der Waals surface area contributed by atoms with E-state index < -0.39 is 0 Å². The van der Waals surface area contributed by atoms with Crippen molar-refractivity contribution in [2.24, 2.45) is 0 Å². The number of hydrogen-bond acceptors (Lipinski definition) is 3. The van der Waals surface area contributed by atoms with Gasteiger partial charge in [0.1, 0.15) is 0 Å². The topological polar surface area (TPSA) is 61.0 Å². The van der Waals surface area contributed by atoms with Gasteiger partial charge in [-0.05, 0) is 18.2 Å². The van der Waals surface area contributed by atoms with Crippen LogP contribution in [0.1, 0.15) is 0 Å². The molecule has 3 aromatic rings. The van der Waals surface area contributed by atoms with Crippen LogP contribution in [0.2, 0.25) is 0 Å². The number of rotatable bonds is 4. The minimum absolute atomic E-state index is 0.0662. The van der Waals surface area contributed by atoms with Crippen LogP contribution >= 0.6 is 0 Å². The lowest BCUT2D eigenvalue weighted by atomic mass is 10.2. The van der Waals surface area contributed by atoms with Crippen molar-refractivity contribution in [1.29, 1.82) is 0 Å². The van der Waals surface area contributed by atoms with E-state index in [1.165, 1.54) is 0 Å². The van der Waals surface area contributed by atoms with Crippen LogP contribution in [0.3, 0.4) is 0 Å². The Morgan fingerprint density at radius 2 is 2.00 bits per heavy atom. The second-order valence-corrected chi connectivity index (χ2v) is 4.88. The Balaban J connectivity index is 1.71. The standard InChI is InChI=1S/C16H16N4O/c1-20(13-7-3-2-4-8-13)11-15(21)18-14-9-5-6-12-10-17-19-16(12)14/h2-10H,11H2,1H3,(H,17,19)(H,18,21). The number of para-hydroxylation sites is 2. The largest absolute Gasteiger partial charge is 0.365 e. The number of H-pyrrole nitrogens is 1. The zero-order valence-corrected chi connectivity index (χ0v) is 11.7. The molecule has 0 saturated heterocycles. The maximum atomic E-state index is 12.2. The lowest BCUT2D eigenvalue weighted by molar-refractivity contribution is -0.114. The maximum absolute atomic E-state index is 12.2. The van der Waals surface area contributed by atoms with Crippen molar-refractivity contribution in [3.63, 3.8) is 0 Å². The van der Waals surface area contributed by atoms with Crippen LogP contribution < -0.4 is 10.2 Å². The first kappa shape index (κ1) is 13.2. The van der Waals surface area contributed by atoms with Gasteiger partial charge in [-0.3, -0.25) is 9.89 Å². The van der Waals surface area contributed by atoms with Crippen LogP contribution in [0, 0.1) is 0 Å². The van der Waals surface area contributed by atoms with Crippen molar-refractivity contribution >= 4 is 28.2 Å². The van der Waals surface area contributed by atoms with Crippen LogP contribution in [-0.2, 0) is 4.79 Å². The van der Waals surface area contributed by atoms with E-state index in [1.54, 1.807) is 6.20 Å². The summed E-state index contributed by atoms with van der Waals surface area (Å²) in [5, 5.41) is 10.8. The molecule has 0 radical (unpaired) electrons. The van der Waals surface area contributed by atoms with Gasteiger partial charge in [0.25, 0.3) is 0 Å². The maximum Gasteiger partial charge on any atom is 0.243 e. The van der Waals surface area contributed by atoms with E-state index in [-0.39, 0.29) is 12.5 Å². The van der Waals surface area contributed by atoms with Crippen LogP contribution in [-0.4, -0.2) is 29.7 Å². The van der Waals surface area contributed by atoms with Gasteiger partial charge in [0.15, 0.2) is 0 Å². The number of aromatic nitrogens is 2. The highest BCUT2D eigenvalue weighted by molar-refractivity contribution is 6.01. The van der Waals surface area contributed by atoms with Crippen LogP contribution in [0.25, 0.3) is 10.9 Å². The van der Waals surface area contributed by atoms with Crippen molar-refractivity contribution in [2.45, 2.75) is 0 Å². The second-order valence-electron chi connectivity index (χ2n) is 4.88. The molecule has 1 amide bonds. The van der Waals surface area contributed by atoms with Crippen LogP contribution in [0.5, 0.6) is 0 Å². The SMILES string of the molecule is CN(CC(=O)Nc1cccc2cn[nH]c12)c1ccccc1. The molecule has 1 heterocycles. The molecule has 3 rings (SSSR count). The Hall–Kier alpha value is -2.82. The van der Waals surface area contributed by atoms with Crippen LogP contribution in [0.4, 0.5) is 11.4 Å². The first-order chi connectivity index (χ1) is 10.2. The summed E-state index contributed by atoms with van der Waals surface area (Å²) >= 11 is 0. The molecule has 106 valence electrons. The molecular formula is C16H16N4O. The highest BCUT2D eigenvalue weighted by atomic mass is 16.2. The molecule has 5 heteroatoms. The molecule has 2 aromatic carbocycles. The van der Waals surface area contributed by atoms with Gasteiger partial charge in [-0.25, -0.2) is 0 Å². The number of fused-ring (bicyclic) bond motifs is 1. The van der Waals surface area contributed by atoms with Gasteiger partial charge in [-0.1, -0.05) is 30.3 Å². The molecule has 0 saturated carbocycles. The second kappa shape index (κ2) is 5.66. The Morgan fingerprint density at radius 1 is 1.19 bits per heavy atom. The molecule has 0 atom stereocenters. The molecule has 0 fully saturated rings. The predicted octanol–water partition coefficient (Wildman–Crippen LogP) is 2.64. The third kappa shape index (κ3) is 2.86. The number of carbonyl (C=O) groups is 1. The van der Waals surface area contributed by atoms with Crippen molar-refractivity contribution in [2.75, 3.05) is 23.8 Å². The normalized spacial score (nSPS) is 10.5. The fourth-order valence-electron chi connectivity index (χ4n) is 2.25. The van der Waals surface area contributed by atoms with Gasteiger partial charge in [0.2, 0.25) is 5.91 Å². The van der Waals surface area contributed by atoms with Gasteiger partial charge < -0.3 is 10.2 Å². The Bertz CT molecular complexity index is 751. The molecule has 0 unspecified atom stereocenters. The lowest BCUT2D eigenvalue weighted by Gasteiger charge is -2.18. The van der Waals surface area contributed by atoms with Crippen molar-refractivity contribution in [1.82, 2.24) is 10.2 Å². The Kier molecular flexibility index (Phi) is 3.55. The number of benzene rings is 2. The quantitative estimate of drug-likeness (QED) is 0.772. The first-order valence-electron chi connectivity index (χ1n) is 6.72. The van der Waals surface area contributed by atoms with E-state index >= 15 is 0 Å².